The molecule has 0 saturated heterocycles. The van der Waals surface area contributed by atoms with E-state index >= 15 is 0 Å². The number of hydrogen-bond acceptors (Lipinski definition) is 4. The molecule has 2 amide bonds. The summed E-state index contributed by atoms with van der Waals surface area (Å²) in [5, 5.41) is 14.7. The maximum atomic E-state index is 12.3. The van der Waals surface area contributed by atoms with Crippen LogP contribution in [0.4, 0.5) is 4.79 Å². The van der Waals surface area contributed by atoms with Crippen LogP contribution in [0.3, 0.4) is 0 Å². The molecule has 0 bridgehead atoms. The molecule has 0 aliphatic heterocycles. The summed E-state index contributed by atoms with van der Waals surface area (Å²) >= 11 is 0. The Kier molecular flexibility index (Phi) is 9.29. The van der Waals surface area contributed by atoms with E-state index in [9.17, 15) is 19.5 Å². The quantitative estimate of drug-likeness (QED) is 0.399. The molecule has 1 unspecified atom stereocenters. The highest BCUT2D eigenvalue weighted by atomic mass is 16.5. The molecule has 188 valence electrons. The zero-order valence-electron chi connectivity index (χ0n) is 20.8. The normalized spacial score (nSPS) is 14.1. The standard InChI is InChI=1S/C28H36N2O5/c1-18(2)16-25(27(32)33)30-26(31)13-12-19(3)14-15-29-28(34)35-17-24-22-10-6-4-8-20(22)21-9-5-7-11-23(21)24/h4-11,18-19,24-25H,12-17H2,1-3H3,(H,29,34)(H,30,31)(H,32,33)/t19?,25-/m0/s1. The number of ether oxygens (including phenoxy) is 1. The van der Waals surface area contributed by atoms with Crippen LogP contribution < -0.4 is 10.6 Å². The van der Waals surface area contributed by atoms with E-state index in [0.717, 1.165) is 0 Å². The first kappa shape index (κ1) is 26.3. The van der Waals surface area contributed by atoms with Crippen molar-refractivity contribution >= 4 is 18.0 Å². The zero-order valence-corrected chi connectivity index (χ0v) is 20.8. The molecule has 7 heteroatoms. The van der Waals surface area contributed by atoms with Crippen molar-refractivity contribution in [1.29, 1.82) is 0 Å². The molecule has 7 nitrogen and oxygen atoms in total. The molecular weight excluding hydrogens is 444 g/mol. The number of amides is 2. The van der Waals surface area contributed by atoms with E-state index < -0.39 is 18.1 Å². The minimum atomic E-state index is -1.01. The Morgan fingerprint density at radius 1 is 0.943 bits per heavy atom. The van der Waals surface area contributed by atoms with Gasteiger partial charge in [-0.1, -0.05) is 69.3 Å². The summed E-state index contributed by atoms with van der Waals surface area (Å²) in [6, 6.07) is 15.6. The number of carboxylic acids is 1. The molecule has 3 rings (SSSR count). The molecule has 3 N–H and O–H groups in total. The lowest BCUT2D eigenvalue weighted by Crippen LogP contribution is -2.41. The highest BCUT2D eigenvalue weighted by Gasteiger charge is 2.29. The Morgan fingerprint density at radius 3 is 2.11 bits per heavy atom. The molecular formula is C28H36N2O5. The van der Waals surface area contributed by atoms with Gasteiger partial charge in [0.1, 0.15) is 12.6 Å². The Hall–Kier alpha value is -3.35. The summed E-state index contributed by atoms with van der Waals surface area (Å²) in [4.78, 5) is 35.7. The first-order valence-corrected chi connectivity index (χ1v) is 12.4. The molecule has 1 aliphatic rings. The highest BCUT2D eigenvalue weighted by molar-refractivity contribution is 5.83. The van der Waals surface area contributed by atoms with Gasteiger partial charge in [0.25, 0.3) is 0 Å². The van der Waals surface area contributed by atoms with Crippen LogP contribution in [0.25, 0.3) is 11.1 Å². The minimum Gasteiger partial charge on any atom is -0.480 e. The van der Waals surface area contributed by atoms with Gasteiger partial charge in [0.2, 0.25) is 5.91 Å². The summed E-state index contributed by atoms with van der Waals surface area (Å²) in [6.07, 6.45) is 1.53. The van der Waals surface area contributed by atoms with Gasteiger partial charge in [-0.05, 0) is 53.4 Å². The van der Waals surface area contributed by atoms with Crippen molar-refractivity contribution in [1.82, 2.24) is 10.6 Å². The zero-order chi connectivity index (χ0) is 25.4. The van der Waals surface area contributed by atoms with Crippen LogP contribution in [0.1, 0.15) is 63.5 Å². The fraction of sp³-hybridized carbons (Fsp3) is 0.464. The summed E-state index contributed by atoms with van der Waals surface area (Å²) in [5.74, 6) is -0.861. The first-order chi connectivity index (χ1) is 16.8. The number of carbonyl (C=O) groups is 3. The second kappa shape index (κ2) is 12.4. The molecule has 0 aromatic heterocycles. The van der Waals surface area contributed by atoms with Crippen LogP contribution in [-0.2, 0) is 14.3 Å². The van der Waals surface area contributed by atoms with Crippen LogP contribution >= 0.6 is 0 Å². The third-order valence-corrected chi connectivity index (χ3v) is 6.45. The average Bonchev–Trinajstić information content (AvgIpc) is 3.14. The van der Waals surface area contributed by atoms with Crippen molar-refractivity contribution < 1.29 is 24.2 Å². The van der Waals surface area contributed by atoms with Crippen molar-refractivity contribution in [2.45, 2.75) is 58.4 Å². The molecule has 2 atom stereocenters. The second-order valence-corrected chi connectivity index (χ2v) is 9.77. The third kappa shape index (κ3) is 7.31. The van der Waals surface area contributed by atoms with E-state index in [4.69, 9.17) is 4.74 Å². The van der Waals surface area contributed by atoms with Gasteiger partial charge in [-0.2, -0.15) is 0 Å². The van der Waals surface area contributed by atoms with Gasteiger partial charge in [-0.15, -0.1) is 0 Å². The van der Waals surface area contributed by atoms with Crippen molar-refractivity contribution in [2.75, 3.05) is 13.2 Å². The Bertz CT molecular complexity index is 990. The second-order valence-electron chi connectivity index (χ2n) is 9.77. The average molecular weight is 481 g/mol. The number of benzene rings is 2. The van der Waals surface area contributed by atoms with Crippen molar-refractivity contribution in [3.63, 3.8) is 0 Å². The molecule has 0 saturated carbocycles. The van der Waals surface area contributed by atoms with E-state index in [0.29, 0.717) is 25.8 Å². The van der Waals surface area contributed by atoms with Crippen LogP contribution in [0.15, 0.2) is 48.5 Å². The van der Waals surface area contributed by atoms with Crippen molar-refractivity contribution in [2.24, 2.45) is 11.8 Å². The van der Waals surface area contributed by atoms with Gasteiger partial charge in [0.05, 0.1) is 0 Å². The topological polar surface area (TPSA) is 105 Å². The van der Waals surface area contributed by atoms with Crippen LogP contribution in [0, 0.1) is 11.8 Å². The van der Waals surface area contributed by atoms with E-state index in [1.807, 2.05) is 45.0 Å². The van der Waals surface area contributed by atoms with Gasteiger partial charge >= 0.3 is 12.1 Å². The number of hydrogen-bond donors (Lipinski definition) is 3. The number of rotatable bonds is 12. The van der Waals surface area contributed by atoms with Gasteiger partial charge in [-0.3, -0.25) is 4.79 Å². The maximum Gasteiger partial charge on any atom is 0.407 e. The first-order valence-electron chi connectivity index (χ1n) is 12.4. The highest BCUT2D eigenvalue weighted by Crippen LogP contribution is 2.44. The lowest BCUT2D eigenvalue weighted by atomic mass is 9.98. The summed E-state index contributed by atoms with van der Waals surface area (Å²) in [5.41, 5.74) is 4.72. The minimum absolute atomic E-state index is 0.0240. The fourth-order valence-electron chi connectivity index (χ4n) is 4.55. The molecule has 1 aliphatic carbocycles. The third-order valence-electron chi connectivity index (χ3n) is 6.45. The summed E-state index contributed by atoms with van der Waals surface area (Å²) < 4.78 is 5.55. The Balaban J connectivity index is 1.37. The lowest BCUT2D eigenvalue weighted by Gasteiger charge is -2.17. The van der Waals surface area contributed by atoms with Crippen LogP contribution in [0.2, 0.25) is 0 Å². The number of carboxylic acid groups (broad SMARTS) is 1. The SMILES string of the molecule is CC(C)C[C@H](NC(=O)CCC(C)CCNC(=O)OCC1c2ccccc2-c2ccccc21)C(=O)O. The number of alkyl carbamates (subject to hydrolysis) is 1. The molecule has 2 aromatic rings. The van der Waals surface area contributed by atoms with Crippen molar-refractivity contribution in [3.05, 3.63) is 59.7 Å². The van der Waals surface area contributed by atoms with E-state index in [-0.39, 0.29) is 36.7 Å². The van der Waals surface area contributed by atoms with Gasteiger partial charge in [0, 0.05) is 18.9 Å². The lowest BCUT2D eigenvalue weighted by molar-refractivity contribution is -0.142. The molecule has 35 heavy (non-hydrogen) atoms. The number of fused-ring (bicyclic) bond motifs is 3. The number of aliphatic carboxylic acids is 1. The van der Waals surface area contributed by atoms with E-state index in [1.165, 1.54) is 22.3 Å². The van der Waals surface area contributed by atoms with Gasteiger partial charge in [-0.25, -0.2) is 9.59 Å². The molecule has 0 radical (unpaired) electrons. The molecule has 0 fully saturated rings. The van der Waals surface area contributed by atoms with E-state index in [1.54, 1.807) is 0 Å². The smallest absolute Gasteiger partial charge is 0.407 e. The number of carbonyl (C=O) groups excluding carboxylic acids is 2. The maximum absolute atomic E-state index is 12.3. The van der Waals surface area contributed by atoms with E-state index in [2.05, 4.69) is 34.9 Å². The Morgan fingerprint density at radius 2 is 1.54 bits per heavy atom. The largest absolute Gasteiger partial charge is 0.480 e. The Labute approximate surface area is 207 Å². The summed E-state index contributed by atoms with van der Waals surface area (Å²) in [7, 11) is 0. The van der Waals surface area contributed by atoms with Crippen LogP contribution in [-0.4, -0.2) is 42.3 Å². The van der Waals surface area contributed by atoms with Crippen molar-refractivity contribution in [3.8, 4) is 11.1 Å². The molecule has 2 aromatic carbocycles. The fourth-order valence-corrected chi connectivity index (χ4v) is 4.55. The summed E-state index contributed by atoms with van der Waals surface area (Å²) in [6.45, 7) is 6.58. The predicted octanol–water partition coefficient (Wildman–Crippen LogP) is 4.95. The number of nitrogens with one attached hydrogen (secondary N) is 2. The van der Waals surface area contributed by atoms with Gasteiger partial charge < -0.3 is 20.5 Å². The molecule has 0 spiro atoms. The molecule has 0 heterocycles. The van der Waals surface area contributed by atoms with Gasteiger partial charge in [0.15, 0.2) is 0 Å². The predicted molar refractivity (Wildman–Crippen MR) is 135 cm³/mol. The monoisotopic (exact) mass is 480 g/mol. The van der Waals surface area contributed by atoms with Crippen LogP contribution in [0.5, 0.6) is 0 Å².